The minimum absolute atomic E-state index is 0.194. The number of halogens is 3. The Hall–Kier alpha value is -2.86. The van der Waals surface area contributed by atoms with E-state index in [1.165, 1.54) is 26.9 Å². The van der Waals surface area contributed by atoms with Gasteiger partial charge in [0.1, 0.15) is 11.5 Å². The highest BCUT2D eigenvalue weighted by molar-refractivity contribution is 8.26. The van der Waals surface area contributed by atoms with Gasteiger partial charge >= 0.3 is 0 Å². The van der Waals surface area contributed by atoms with Crippen LogP contribution in [0.2, 0.25) is 5.15 Å². The van der Waals surface area contributed by atoms with E-state index >= 15 is 0 Å². The number of hydrogen-bond acceptors (Lipinski definition) is 9. The van der Waals surface area contributed by atoms with E-state index in [1.54, 1.807) is 38.5 Å². The maximum Gasteiger partial charge on any atom is 0.258 e. The average molecular weight is 550 g/mol. The number of hydrogen-bond donors (Lipinski definition) is 1. The molecule has 0 bridgehead atoms. The molecule has 2 aromatic heterocycles. The second-order valence-corrected chi connectivity index (χ2v) is 8.91. The summed E-state index contributed by atoms with van der Waals surface area (Å²) in [6, 6.07) is 6.81. The average Bonchev–Trinajstić information content (AvgIpc) is 2.83. The van der Waals surface area contributed by atoms with Gasteiger partial charge in [0.25, 0.3) is 5.56 Å². The van der Waals surface area contributed by atoms with Crippen LogP contribution in [0.15, 0.2) is 41.7 Å². The first-order valence-electron chi connectivity index (χ1n) is 9.11. The molecule has 10 nitrogen and oxygen atoms in total. The van der Waals surface area contributed by atoms with Gasteiger partial charge in [0.05, 0.1) is 51.2 Å². The van der Waals surface area contributed by atoms with Gasteiger partial charge in [-0.1, -0.05) is 11.6 Å². The number of ether oxygens (including phenoxy) is 4. The molecule has 182 valence electrons. The molecular formula is C20H19Cl3N4O6S. The number of aromatic amines is 1. The first kappa shape index (κ1) is 27.4. The van der Waals surface area contributed by atoms with E-state index in [9.17, 15) is 4.79 Å². The third-order valence-corrected chi connectivity index (χ3v) is 4.54. The summed E-state index contributed by atoms with van der Waals surface area (Å²) in [5, 5.41) is 1.63. The summed E-state index contributed by atoms with van der Waals surface area (Å²) in [6.07, 6.45) is 2.77. The van der Waals surface area contributed by atoms with Crippen molar-refractivity contribution in [1.82, 2.24) is 19.9 Å². The van der Waals surface area contributed by atoms with Gasteiger partial charge in [0.15, 0.2) is 23.0 Å². The highest BCUT2D eigenvalue weighted by Gasteiger charge is 2.09. The van der Waals surface area contributed by atoms with E-state index in [0.29, 0.717) is 39.1 Å². The minimum atomic E-state index is -1.67. The number of rotatable bonds is 4. The maximum absolute atomic E-state index is 11.5. The molecule has 0 radical (unpaired) electrons. The Balaban J connectivity index is 0.000000208. The Bertz CT molecular complexity index is 1350. The lowest BCUT2D eigenvalue weighted by Gasteiger charge is -2.08. The number of methoxy groups -OCH3 is 4. The lowest BCUT2D eigenvalue weighted by atomic mass is 10.2. The molecule has 0 spiro atoms. The minimum Gasteiger partial charge on any atom is -0.493 e. The fraction of sp³-hybridized carbons (Fsp3) is 0.200. The molecule has 4 aromatic rings. The molecule has 0 saturated heterocycles. The number of nitrogens with zero attached hydrogens (tertiary/aromatic N) is 3. The zero-order valence-corrected chi connectivity index (χ0v) is 21.4. The molecule has 4 rings (SSSR count). The van der Waals surface area contributed by atoms with Crippen molar-refractivity contribution in [3.63, 3.8) is 0 Å². The highest BCUT2D eigenvalue weighted by Crippen LogP contribution is 2.33. The van der Waals surface area contributed by atoms with Crippen LogP contribution in [0.4, 0.5) is 0 Å². The fourth-order valence-corrected chi connectivity index (χ4v) is 2.94. The number of fused-ring (bicyclic) bond motifs is 2. The van der Waals surface area contributed by atoms with E-state index in [0.717, 1.165) is 10.9 Å². The van der Waals surface area contributed by atoms with E-state index in [2.05, 4.69) is 41.3 Å². The van der Waals surface area contributed by atoms with Crippen LogP contribution in [0.5, 0.6) is 23.0 Å². The molecule has 0 saturated carbocycles. The van der Waals surface area contributed by atoms with Gasteiger partial charge in [-0.2, -0.15) is 0 Å². The van der Waals surface area contributed by atoms with Crippen molar-refractivity contribution in [3.05, 3.63) is 52.4 Å². The lowest BCUT2D eigenvalue weighted by molar-refractivity contribution is 0.355. The first-order chi connectivity index (χ1) is 16.2. The van der Waals surface area contributed by atoms with Gasteiger partial charge in [0.2, 0.25) is 9.23 Å². The summed E-state index contributed by atoms with van der Waals surface area (Å²) < 4.78 is 29.6. The smallest absolute Gasteiger partial charge is 0.258 e. The summed E-state index contributed by atoms with van der Waals surface area (Å²) in [4.78, 5) is 26.0. The quantitative estimate of drug-likeness (QED) is 0.293. The summed E-state index contributed by atoms with van der Waals surface area (Å²) in [5.74, 6) is 2.31. The van der Waals surface area contributed by atoms with Gasteiger partial charge in [0, 0.05) is 38.9 Å². The van der Waals surface area contributed by atoms with Crippen molar-refractivity contribution in [2.24, 2.45) is 0 Å². The van der Waals surface area contributed by atoms with Crippen molar-refractivity contribution in [1.29, 1.82) is 0 Å². The van der Waals surface area contributed by atoms with Gasteiger partial charge in [-0.05, 0) is 12.1 Å². The lowest BCUT2D eigenvalue weighted by Crippen LogP contribution is -2.06. The fourth-order valence-electron chi connectivity index (χ4n) is 2.75. The molecule has 34 heavy (non-hydrogen) atoms. The monoisotopic (exact) mass is 548 g/mol. The van der Waals surface area contributed by atoms with E-state index in [1.807, 2.05) is 0 Å². The van der Waals surface area contributed by atoms with Crippen molar-refractivity contribution in [3.8, 4) is 23.0 Å². The van der Waals surface area contributed by atoms with Gasteiger partial charge in [-0.15, -0.1) is 0 Å². The Morgan fingerprint density at radius 2 is 1.21 bits per heavy atom. The van der Waals surface area contributed by atoms with E-state index in [4.69, 9.17) is 34.8 Å². The van der Waals surface area contributed by atoms with Crippen LogP contribution in [0, 0.1) is 0 Å². The van der Waals surface area contributed by atoms with Crippen molar-refractivity contribution in [2.75, 3.05) is 28.4 Å². The number of nitrogens with one attached hydrogen (secondary N) is 1. The topological polar surface area (TPSA) is 126 Å². The molecule has 0 aliphatic heterocycles. The summed E-state index contributed by atoms with van der Waals surface area (Å²) in [7, 11) is 13.6. The Morgan fingerprint density at radius 1 is 0.765 bits per heavy atom. The van der Waals surface area contributed by atoms with Crippen LogP contribution in [-0.4, -0.2) is 52.6 Å². The van der Waals surface area contributed by atoms with Crippen LogP contribution >= 0.6 is 33.0 Å². The molecule has 0 amide bonds. The Morgan fingerprint density at radius 3 is 1.71 bits per heavy atom. The van der Waals surface area contributed by atoms with Crippen LogP contribution in [-0.2, 0) is 9.23 Å². The SMILES string of the molecule is COc1cc2nc[nH]c(=O)c2cc1OC.COc1cc2ncnc(Cl)c2cc1OC.O=S(Cl)Cl. The summed E-state index contributed by atoms with van der Waals surface area (Å²) in [5.41, 5.74) is 1.12. The molecule has 0 aliphatic rings. The standard InChI is InChI=1S/C10H9ClN2O2.C10H10N2O3.Cl2OS/c1-14-8-3-6-7(4-9(8)15-2)12-5-13-10(6)11;1-14-8-3-6-7(4-9(8)15-2)11-5-12-10(6)13;1-4(2)3/h3-5H,1-2H3;3-5H,1-2H3,(H,11,12,13);. The highest BCUT2D eigenvalue weighted by atomic mass is 36.0. The summed E-state index contributed by atoms with van der Waals surface area (Å²) >= 11 is 5.93. The molecular weight excluding hydrogens is 531 g/mol. The van der Waals surface area contributed by atoms with Crippen LogP contribution in [0.25, 0.3) is 21.8 Å². The van der Waals surface area contributed by atoms with Gasteiger partial charge in [-0.25, -0.2) is 19.2 Å². The Kier molecular flexibility index (Phi) is 10.6. The van der Waals surface area contributed by atoms with Gasteiger partial charge < -0.3 is 23.9 Å². The van der Waals surface area contributed by atoms with E-state index < -0.39 is 9.23 Å². The number of H-pyrrole nitrogens is 1. The zero-order chi connectivity index (χ0) is 25.3. The number of benzene rings is 2. The van der Waals surface area contributed by atoms with Crippen LogP contribution in [0.1, 0.15) is 0 Å². The van der Waals surface area contributed by atoms with Crippen molar-refractivity contribution < 1.29 is 23.2 Å². The number of aromatic nitrogens is 4. The summed E-state index contributed by atoms with van der Waals surface area (Å²) in [6.45, 7) is 0. The third kappa shape index (κ3) is 7.07. The first-order valence-corrected chi connectivity index (χ1v) is 12.3. The van der Waals surface area contributed by atoms with Crippen LogP contribution < -0.4 is 24.5 Å². The molecule has 0 unspecified atom stereocenters. The van der Waals surface area contributed by atoms with Gasteiger partial charge in [-0.3, -0.25) is 4.79 Å². The molecule has 0 atom stereocenters. The normalized spacial score (nSPS) is 10.1. The predicted molar refractivity (Wildman–Crippen MR) is 133 cm³/mol. The molecule has 0 aliphatic carbocycles. The molecule has 2 aromatic carbocycles. The second-order valence-electron chi connectivity index (χ2n) is 6.03. The molecule has 2 heterocycles. The molecule has 1 N–H and O–H groups in total. The molecule has 14 heteroatoms. The van der Waals surface area contributed by atoms with Crippen molar-refractivity contribution in [2.45, 2.75) is 0 Å². The van der Waals surface area contributed by atoms with Crippen LogP contribution in [0.3, 0.4) is 0 Å². The maximum atomic E-state index is 11.5. The Labute approximate surface area is 210 Å². The largest absolute Gasteiger partial charge is 0.493 e. The van der Waals surface area contributed by atoms with E-state index in [-0.39, 0.29) is 5.56 Å². The van der Waals surface area contributed by atoms with Crippen molar-refractivity contribution >= 4 is 64.0 Å². The third-order valence-electron chi connectivity index (χ3n) is 4.24. The molecule has 0 fully saturated rings. The second kappa shape index (κ2) is 13.1. The zero-order valence-electron chi connectivity index (χ0n) is 18.3. The predicted octanol–water partition coefficient (Wildman–Crippen LogP) is 4.28.